The number of ether oxygens (including phenoxy) is 1. The van der Waals surface area contributed by atoms with Crippen LogP contribution in [0.1, 0.15) is 11.1 Å². The number of phenols is 1. The molecule has 3 aromatic rings. The maximum atomic E-state index is 12.1. The Morgan fingerprint density at radius 2 is 2.04 bits per heavy atom. The summed E-state index contributed by atoms with van der Waals surface area (Å²) in [5.41, 5.74) is 1.15. The lowest BCUT2D eigenvalue weighted by atomic mass is 10.1. The molecule has 0 saturated heterocycles. The van der Waals surface area contributed by atoms with Crippen LogP contribution in [0.2, 0.25) is 0 Å². The molecular weight excluding hydrogens is 350 g/mol. The number of aromatic amines is 1. The summed E-state index contributed by atoms with van der Waals surface area (Å²) in [6.07, 6.45) is 1.78. The Hall–Kier alpha value is -3.24. The lowest BCUT2D eigenvalue weighted by molar-refractivity contribution is 0.289. The largest absolute Gasteiger partial charge is 0.504 e. The van der Waals surface area contributed by atoms with Crippen LogP contribution in [0.5, 0.6) is 11.5 Å². The normalized spacial score (nSPS) is 10.3. The summed E-state index contributed by atoms with van der Waals surface area (Å²) >= 11 is 1.27. The third-order valence-corrected chi connectivity index (χ3v) is 4.25. The quantitative estimate of drug-likeness (QED) is 0.532. The molecule has 7 heteroatoms. The van der Waals surface area contributed by atoms with Gasteiger partial charge in [-0.25, -0.2) is 4.98 Å². The van der Waals surface area contributed by atoms with Crippen molar-refractivity contribution < 1.29 is 9.84 Å². The first-order valence-corrected chi connectivity index (χ1v) is 8.93. The van der Waals surface area contributed by atoms with Gasteiger partial charge in [-0.05, 0) is 30.0 Å². The topological polar surface area (TPSA) is 99.0 Å². The predicted octanol–water partition coefficient (Wildman–Crippen LogP) is 3.32. The zero-order chi connectivity index (χ0) is 18.5. The van der Waals surface area contributed by atoms with E-state index in [1.165, 1.54) is 17.8 Å². The van der Waals surface area contributed by atoms with Crippen LogP contribution in [-0.4, -0.2) is 21.3 Å². The second kappa shape index (κ2) is 7.76. The van der Waals surface area contributed by atoms with Crippen LogP contribution in [-0.2, 0) is 6.61 Å². The Bertz CT molecular complexity index is 1030. The summed E-state index contributed by atoms with van der Waals surface area (Å²) in [4.78, 5) is 19.0. The minimum Gasteiger partial charge on any atom is -0.504 e. The van der Waals surface area contributed by atoms with Crippen LogP contribution in [0.3, 0.4) is 0 Å². The Kier molecular flexibility index (Phi) is 5.25. The van der Waals surface area contributed by atoms with Gasteiger partial charge in [-0.2, -0.15) is 5.26 Å². The number of thioether (sulfide) groups is 1. The number of aromatic nitrogens is 2. The van der Waals surface area contributed by atoms with Crippen LogP contribution in [0, 0.1) is 11.3 Å². The molecule has 0 saturated carbocycles. The number of nitrogens with zero attached hydrogens (tertiary/aromatic N) is 2. The van der Waals surface area contributed by atoms with Gasteiger partial charge in [0.05, 0.1) is 5.69 Å². The Morgan fingerprint density at radius 1 is 1.27 bits per heavy atom. The molecule has 2 aromatic carbocycles. The number of hydrogen-bond donors (Lipinski definition) is 2. The number of hydrogen-bond acceptors (Lipinski definition) is 6. The van der Waals surface area contributed by atoms with Gasteiger partial charge in [0.1, 0.15) is 18.2 Å². The molecule has 0 aliphatic heterocycles. The highest BCUT2D eigenvalue weighted by molar-refractivity contribution is 7.98. The number of phenolic OH excluding ortho intramolecular Hbond substituents is 1. The standard InChI is InChI=1S/C19H15N3O3S/c1-26-19-21-17(14(10-20)18(24)22-19)13-7-8-15(23)16(9-13)25-11-12-5-3-2-4-6-12/h2-9,23H,11H2,1H3,(H,21,22,24). The van der Waals surface area contributed by atoms with Crippen LogP contribution >= 0.6 is 11.8 Å². The van der Waals surface area contributed by atoms with Crippen LogP contribution in [0.15, 0.2) is 58.5 Å². The van der Waals surface area contributed by atoms with Gasteiger partial charge in [0.15, 0.2) is 16.7 Å². The zero-order valence-electron chi connectivity index (χ0n) is 13.9. The van der Waals surface area contributed by atoms with Crippen molar-refractivity contribution in [2.45, 2.75) is 11.8 Å². The molecule has 130 valence electrons. The van der Waals surface area contributed by atoms with Crippen molar-refractivity contribution in [2.24, 2.45) is 0 Å². The highest BCUT2D eigenvalue weighted by Gasteiger charge is 2.15. The SMILES string of the molecule is CSc1nc(-c2ccc(O)c(OCc3ccccc3)c2)c(C#N)c(=O)[nH]1. The highest BCUT2D eigenvalue weighted by Crippen LogP contribution is 2.32. The van der Waals surface area contributed by atoms with E-state index in [0.717, 1.165) is 5.56 Å². The van der Waals surface area contributed by atoms with E-state index in [9.17, 15) is 15.2 Å². The van der Waals surface area contributed by atoms with Crippen molar-refractivity contribution in [1.82, 2.24) is 9.97 Å². The molecule has 1 heterocycles. The average Bonchev–Trinajstić information content (AvgIpc) is 2.67. The van der Waals surface area contributed by atoms with Gasteiger partial charge < -0.3 is 14.8 Å². The Morgan fingerprint density at radius 3 is 2.73 bits per heavy atom. The van der Waals surface area contributed by atoms with E-state index in [4.69, 9.17) is 4.74 Å². The number of benzene rings is 2. The fraction of sp³-hybridized carbons (Fsp3) is 0.105. The van der Waals surface area contributed by atoms with Gasteiger partial charge in [0, 0.05) is 5.56 Å². The fourth-order valence-corrected chi connectivity index (χ4v) is 2.75. The Balaban J connectivity index is 1.99. The van der Waals surface area contributed by atoms with E-state index in [-0.39, 0.29) is 29.4 Å². The molecule has 2 N–H and O–H groups in total. The number of aromatic hydroxyl groups is 1. The van der Waals surface area contributed by atoms with Crippen molar-refractivity contribution in [3.05, 3.63) is 70.0 Å². The lowest BCUT2D eigenvalue weighted by Gasteiger charge is -2.11. The van der Waals surface area contributed by atoms with Gasteiger partial charge >= 0.3 is 0 Å². The highest BCUT2D eigenvalue weighted by atomic mass is 32.2. The first-order valence-electron chi connectivity index (χ1n) is 7.71. The molecule has 1 aromatic heterocycles. The van der Waals surface area contributed by atoms with Crippen molar-refractivity contribution in [2.75, 3.05) is 6.26 Å². The number of nitrogens with one attached hydrogen (secondary N) is 1. The van der Waals surface area contributed by atoms with E-state index >= 15 is 0 Å². The summed E-state index contributed by atoms with van der Waals surface area (Å²) in [5.74, 6) is 0.223. The van der Waals surface area contributed by atoms with E-state index < -0.39 is 5.56 Å². The molecule has 0 atom stereocenters. The number of rotatable bonds is 5. The molecule has 0 bridgehead atoms. The van der Waals surface area contributed by atoms with Crippen LogP contribution in [0.25, 0.3) is 11.3 Å². The molecule has 0 unspecified atom stereocenters. The maximum Gasteiger partial charge on any atom is 0.270 e. The van der Waals surface area contributed by atoms with Crippen molar-refractivity contribution in [1.29, 1.82) is 5.26 Å². The molecule has 3 rings (SSSR count). The average molecular weight is 365 g/mol. The molecule has 6 nitrogen and oxygen atoms in total. The summed E-state index contributed by atoms with van der Waals surface area (Å²) < 4.78 is 5.69. The van der Waals surface area contributed by atoms with Crippen LogP contribution in [0.4, 0.5) is 0 Å². The molecule has 0 aliphatic rings. The van der Waals surface area contributed by atoms with Crippen molar-refractivity contribution in [3.63, 3.8) is 0 Å². The third kappa shape index (κ3) is 3.71. The van der Waals surface area contributed by atoms with E-state index in [2.05, 4.69) is 9.97 Å². The third-order valence-electron chi connectivity index (χ3n) is 3.67. The summed E-state index contributed by atoms with van der Waals surface area (Å²) in [7, 11) is 0. The molecule has 0 amide bonds. The van der Waals surface area contributed by atoms with Crippen LogP contribution < -0.4 is 10.3 Å². The maximum absolute atomic E-state index is 12.1. The molecule has 0 radical (unpaired) electrons. The van der Waals surface area contributed by atoms with Gasteiger partial charge in [-0.1, -0.05) is 42.1 Å². The van der Waals surface area contributed by atoms with Crippen molar-refractivity contribution >= 4 is 11.8 Å². The number of nitriles is 1. The van der Waals surface area contributed by atoms with Crippen molar-refractivity contribution in [3.8, 4) is 28.8 Å². The summed E-state index contributed by atoms with van der Waals surface area (Å²) in [6, 6.07) is 16.1. The second-order valence-corrected chi connectivity index (χ2v) is 6.16. The molecule has 0 aliphatic carbocycles. The smallest absolute Gasteiger partial charge is 0.270 e. The van der Waals surface area contributed by atoms with Gasteiger partial charge in [0.25, 0.3) is 5.56 Å². The monoisotopic (exact) mass is 365 g/mol. The second-order valence-electron chi connectivity index (χ2n) is 5.37. The van der Waals surface area contributed by atoms with Gasteiger partial charge in [-0.15, -0.1) is 0 Å². The molecular formula is C19H15N3O3S. The minimum absolute atomic E-state index is 0.0295. The lowest BCUT2D eigenvalue weighted by Crippen LogP contribution is -2.14. The summed E-state index contributed by atoms with van der Waals surface area (Å²) in [6.45, 7) is 0.280. The Labute approximate surface area is 154 Å². The molecule has 0 spiro atoms. The predicted molar refractivity (Wildman–Crippen MR) is 99.2 cm³/mol. The summed E-state index contributed by atoms with van der Waals surface area (Å²) in [5, 5.41) is 19.8. The van der Waals surface area contributed by atoms with Gasteiger partial charge in [-0.3, -0.25) is 4.79 Å². The van der Waals surface area contributed by atoms with E-state index in [0.29, 0.717) is 10.7 Å². The molecule has 0 fully saturated rings. The zero-order valence-corrected chi connectivity index (χ0v) is 14.7. The first kappa shape index (κ1) is 17.6. The van der Waals surface area contributed by atoms with Gasteiger partial charge in [0.2, 0.25) is 0 Å². The molecule has 26 heavy (non-hydrogen) atoms. The fourth-order valence-electron chi connectivity index (χ4n) is 2.37. The number of H-pyrrole nitrogens is 1. The minimum atomic E-state index is -0.498. The van der Waals surface area contributed by atoms with E-state index in [1.807, 2.05) is 36.4 Å². The first-order chi connectivity index (χ1) is 12.6. The van der Waals surface area contributed by atoms with E-state index in [1.54, 1.807) is 18.4 Å².